The molecule has 90 valence electrons. The summed E-state index contributed by atoms with van der Waals surface area (Å²) in [5, 5.41) is 0. The van der Waals surface area contributed by atoms with Gasteiger partial charge in [0.05, 0.1) is 5.69 Å². The summed E-state index contributed by atoms with van der Waals surface area (Å²) >= 11 is 0. The molecule has 0 aliphatic carbocycles. The number of nitrogens with two attached hydrogens (primary N) is 1. The average molecular weight is 234 g/mol. The van der Waals surface area contributed by atoms with E-state index in [1.165, 1.54) is 4.90 Å². The van der Waals surface area contributed by atoms with Gasteiger partial charge < -0.3 is 10.5 Å². The van der Waals surface area contributed by atoms with Crippen LogP contribution in [0.25, 0.3) is 0 Å². The molecule has 1 aliphatic rings. The monoisotopic (exact) mass is 234 g/mol. The van der Waals surface area contributed by atoms with Crippen LogP contribution in [0.1, 0.15) is 12.5 Å². The lowest BCUT2D eigenvalue weighted by Crippen LogP contribution is -2.47. The van der Waals surface area contributed by atoms with E-state index in [4.69, 9.17) is 10.5 Å². The minimum absolute atomic E-state index is 0.122. The summed E-state index contributed by atoms with van der Waals surface area (Å²) in [5.41, 5.74) is 6.77. The minimum atomic E-state index is -0.594. The highest BCUT2D eigenvalue weighted by Gasteiger charge is 2.32. The van der Waals surface area contributed by atoms with Gasteiger partial charge >= 0.3 is 0 Å². The zero-order chi connectivity index (χ0) is 12.6. The molecule has 2 rings (SSSR count). The smallest absolute Gasteiger partial charge is 0.268 e. The van der Waals surface area contributed by atoms with E-state index in [0.717, 1.165) is 5.56 Å². The second-order valence-corrected chi connectivity index (χ2v) is 4.12. The lowest BCUT2D eigenvalue weighted by atomic mass is 10.1. The van der Waals surface area contributed by atoms with E-state index < -0.39 is 12.0 Å². The first-order valence-electron chi connectivity index (χ1n) is 5.36. The van der Waals surface area contributed by atoms with Crippen molar-refractivity contribution in [1.29, 1.82) is 0 Å². The number of ether oxygens (including phenoxy) is 1. The van der Waals surface area contributed by atoms with Gasteiger partial charge in [-0.15, -0.1) is 0 Å². The van der Waals surface area contributed by atoms with Gasteiger partial charge in [0.25, 0.3) is 5.91 Å². The topological polar surface area (TPSA) is 72.6 Å². The summed E-state index contributed by atoms with van der Waals surface area (Å²) in [6, 6.07) is 5.46. The summed E-state index contributed by atoms with van der Waals surface area (Å²) in [6.45, 7) is 3.47. The molecule has 1 atom stereocenters. The molecule has 1 aromatic carbocycles. The summed E-state index contributed by atoms with van der Waals surface area (Å²) in [4.78, 5) is 24.3. The Morgan fingerprint density at radius 3 is 2.88 bits per heavy atom. The van der Waals surface area contributed by atoms with Crippen LogP contribution in [0.3, 0.4) is 0 Å². The molecule has 0 unspecified atom stereocenters. The second-order valence-electron chi connectivity index (χ2n) is 4.12. The van der Waals surface area contributed by atoms with E-state index in [9.17, 15) is 9.59 Å². The maximum absolute atomic E-state index is 11.9. The van der Waals surface area contributed by atoms with Gasteiger partial charge in [-0.25, -0.2) is 0 Å². The number of carbonyl (C=O) groups excluding carboxylic acids is 2. The number of anilines is 1. The molecule has 5 heteroatoms. The van der Waals surface area contributed by atoms with E-state index in [2.05, 4.69) is 0 Å². The first-order chi connectivity index (χ1) is 7.99. The fourth-order valence-electron chi connectivity index (χ4n) is 1.84. The number of rotatable bonds is 2. The van der Waals surface area contributed by atoms with E-state index in [1.54, 1.807) is 13.0 Å². The predicted octanol–water partition coefficient (Wildman–Crippen LogP) is 0.594. The Hall–Kier alpha value is -2.04. The van der Waals surface area contributed by atoms with Crippen molar-refractivity contribution in [2.45, 2.75) is 20.0 Å². The lowest BCUT2D eigenvalue weighted by molar-refractivity contribution is -0.127. The summed E-state index contributed by atoms with van der Waals surface area (Å²) in [5.74, 6) is -0.183. The number of hydrogen-bond donors (Lipinski definition) is 1. The van der Waals surface area contributed by atoms with Crippen molar-refractivity contribution in [3.05, 3.63) is 23.8 Å². The number of aryl methyl sites for hydroxylation is 1. The highest BCUT2D eigenvalue weighted by atomic mass is 16.5. The first kappa shape index (κ1) is 11.4. The molecule has 2 N–H and O–H groups in total. The Labute approximate surface area is 99.2 Å². The summed E-state index contributed by atoms with van der Waals surface area (Å²) in [6.07, 6.45) is -0.594. The van der Waals surface area contributed by atoms with Gasteiger partial charge in [-0.3, -0.25) is 14.5 Å². The van der Waals surface area contributed by atoms with Crippen LogP contribution in [-0.4, -0.2) is 24.5 Å². The van der Waals surface area contributed by atoms with Gasteiger partial charge in [-0.2, -0.15) is 0 Å². The molecular weight excluding hydrogens is 220 g/mol. The van der Waals surface area contributed by atoms with Crippen molar-refractivity contribution in [3.8, 4) is 5.75 Å². The third kappa shape index (κ3) is 2.08. The molecule has 0 spiro atoms. The van der Waals surface area contributed by atoms with Crippen molar-refractivity contribution in [2.75, 3.05) is 11.4 Å². The van der Waals surface area contributed by atoms with Crippen LogP contribution in [0.5, 0.6) is 5.75 Å². The van der Waals surface area contributed by atoms with Crippen LogP contribution >= 0.6 is 0 Å². The van der Waals surface area contributed by atoms with Gasteiger partial charge in [-0.05, 0) is 31.5 Å². The highest BCUT2D eigenvalue weighted by molar-refractivity contribution is 6.03. The van der Waals surface area contributed by atoms with Crippen LogP contribution in [0.2, 0.25) is 0 Å². The molecule has 1 aromatic rings. The quantitative estimate of drug-likeness (QED) is 0.814. The fourth-order valence-corrected chi connectivity index (χ4v) is 1.84. The van der Waals surface area contributed by atoms with Gasteiger partial charge in [0.15, 0.2) is 6.10 Å². The number of amides is 2. The molecule has 5 nitrogen and oxygen atoms in total. The number of benzene rings is 1. The SMILES string of the molecule is Cc1ccc2c(c1)O[C@H](C)C(=O)N2CC(N)=O. The van der Waals surface area contributed by atoms with Crippen molar-refractivity contribution >= 4 is 17.5 Å². The molecule has 0 fully saturated rings. The van der Waals surface area contributed by atoms with Gasteiger partial charge in [0.2, 0.25) is 5.91 Å². The van der Waals surface area contributed by atoms with Crippen molar-refractivity contribution in [2.24, 2.45) is 5.73 Å². The van der Waals surface area contributed by atoms with Crippen LogP contribution in [0, 0.1) is 6.92 Å². The molecule has 2 amide bonds. The Kier molecular flexibility index (Phi) is 2.75. The van der Waals surface area contributed by atoms with Crippen LogP contribution < -0.4 is 15.4 Å². The van der Waals surface area contributed by atoms with Crippen LogP contribution in [-0.2, 0) is 9.59 Å². The zero-order valence-corrected chi connectivity index (χ0v) is 9.77. The van der Waals surface area contributed by atoms with E-state index in [-0.39, 0.29) is 12.5 Å². The number of fused-ring (bicyclic) bond motifs is 1. The van der Waals surface area contributed by atoms with Crippen LogP contribution in [0.4, 0.5) is 5.69 Å². The molecule has 1 heterocycles. The number of hydrogen-bond acceptors (Lipinski definition) is 3. The largest absolute Gasteiger partial charge is 0.479 e. The maximum Gasteiger partial charge on any atom is 0.268 e. The summed E-state index contributed by atoms with van der Waals surface area (Å²) < 4.78 is 5.49. The van der Waals surface area contributed by atoms with Gasteiger partial charge in [-0.1, -0.05) is 6.07 Å². The normalized spacial score (nSPS) is 18.6. The Morgan fingerprint density at radius 2 is 2.24 bits per heavy atom. The Bertz CT molecular complexity index is 485. The zero-order valence-electron chi connectivity index (χ0n) is 9.77. The minimum Gasteiger partial charge on any atom is -0.479 e. The van der Waals surface area contributed by atoms with E-state index >= 15 is 0 Å². The highest BCUT2D eigenvalue weighted by Crippen LogP contribution is 2.34. The molecular formula is C12H14N2O3. The van der Waals surface area contributed by atoms with E-state index in [0.29, 0.717) is 11.4 Å². The molecule has 17 heavy (non-hydrogen) atoms. The number of primary amides is 1. The summed E-state index contributed by atoms with van der Waals surface area (Å²) in [7, 11) is 0. The lowest BCUT2D eigenvalue weighted by Gasteiger charge is -2.32. The maximum atomic E-state index is 11.9. The third-order valence-electron chi connectivity index (χ3n) is 2.64. The average Bonchev–Trinajstić information content (AvgIpc) is 2.24. The van der Waals surface area contributed by atoms with E-state index in [1.807, 2.05) is 19.1 Å². The van der Waals surface area contributed by atoms with Crippen LogP contribution in [0.15, 0.2) is 18.2 Å². The molecule has 0 saturated heterocycles. The van der Waals surface area contributed by atoms with Crippen molar-refractivity contribution < 1.29 is 14.3 Å². The molecule has 1 aliphatic heterocycles. The van der Waals surface area contributed by atoms with Gasteiger partial charge in [0, 0.05) is 0 Å². The fraction of sp³-hybridized carbons (Fsp3) is 0.333. The molecule has 0 aromatic heterocycles. The van der Waals surface area contributed by atoms with Crippen molar-refractivity contribution in [1.82, 2.24) is 0 Å². The standard InChI is InChI=1S/C12H14N2O3/c1-7-3-4-9-10(5-7)17-8(2)12(16)14(9)6-11(13)15/h3-5,8H,6H2,1-2H3,(H2,13,15)/t8-/m1/s1. The molecule has 0 radical (unpaired) electrons. The number of carbonyl (C=O) groups is 2. The second kappa shape index (κ2) is 4.08. The third-order valence-corrected chi connectivity index (χ3v) is 2.64. The van der Waals surface area contributed by atoms with Crippen molar-refractivity contribution in [3.63, 3.8) is 0 Å². The van der Waals surface area contributed by atoms with Gasteiger partial charge in [0.1, 0.15) is 12.3 Å². The Morgan fingerprint density at radius 1 is 1.53 bits per heavy atom. The first-order valence-corrected chi connectivity index (χ1v) is 5.36. The molecule has 0 bridgehead atoms. The predicted molar refractivity (Wildman–Crippen MR) is 62.8 cm³/mol. The Balaban J connectivity index is 2.45. The number of nitrogens with zero attached hydrogens (tertiary/aromatic N) is 1. The molecule has 0 saturated carbocycles.